The van der Waals surface area contributed by atoms with Gasteiger partial charge in [-0.1, -0.05) is 12.1 Å². The first-order valence-corrected chi connectivity index (χ1v) is 7.71. The Balaban J connectivity index is 2.99. The zero-order valence-electron chi connectivity index (χ0n) is 11.7. The smallest absolute Gasteiger partial charge is 0.318 e. The van der Waals surface area contributed by atoms with E-state index in [1.807, 2.05) is 0 Å². The van der Waals surface area contributed by atoms with Gasteiger partial charge in [-0.15, -0.1) is 0 Å². The van der Waals surface area contributed by atoms with Gasteiger partial charge in [0.15, 0.2) is 0 Å². The van der Waals surface area contributed by atoms with Crippen molar-refractivity contribution in [3.63, 3.8) is 0 Å². The van der Waals surface area contributed by atoms with E-state index in [-0.39, 0.29) is 5.75 Å². The van der Waals surface area contributed by atoms with Crippen LogP contribution in [-0.2, 0) is 20.6 Å². The third-order valence-corrected chi connectivity index (χ3v) is 4.67. The Morgan fingerprint density at radius 1 is 1.40 bits per heavy atom. The van der Waals surface area contributed by atoms with Crippen molar-refractivity contribution >= 4 is 16.0 Å². The predicted octanol–water partition coefficient (Wildman–Crippen LogP) is 1.32. The zero-order chi connectivity index (χ0) is 15.3. The molecule has 0 heterocycles. The first kappa shape index (κ1) is 16.5. The Kier molecular flexibility index (Phi) is 5.52. The monoisotopic (exact) mass is 301 g/mol. The van der Waals surface area contributed by atoms with Gasteiger partial charge in [0.2, 0.25) is 10.0 Å². The van der Waals surface area contributed by atoms with Crippen molar-refractivity contribution in [3.05, 3.63) is 29.8 Å². The topological polar surface area (TPSA) is 83.9 Å². The zero-order valence-corrected chi connectivity index (χ0v) is 12.6. The molecule has 0 fully saturated rings. The van der Waals surface area contributed by atoms with Gasteiger partial charge in [-0.25, -0.2) is 8.42 Å². The van der Waals surface area contributed by atoms with E-state index in [0.29, 0.717) is 11.3 Å². The van der Waals surface area contributed by atoms with Gasteiger partial charge in [-0.3, -0.25) is 4.79 Å². The highest BCUT2D eigenvalue weighted by molar-refractivity contribution is 7.88. The third kappa shape index (κ3) is 4.50. The number of rotatable bonds is 7. The molecule has 7 heteroatoms. The normalized spacial score (nSPS) is 11.8. The van der Waals surface area contributed by atoms with E-state index in [9.17, 15) is 13.2 Å². The molecule has 0 aliphatic rings. The van der Waals surface area contributed by atoms with Gasteiger partial charge in [0.1, 0.15) is 12.3 Å². The van der Waals surface area contributed by atoms with Gasteiger partial charge in [-0.05, 0) is 31.5 Å². The van der Waals surface area contributed by atoms with Crippen LogP contribution in [0.2, 0.25) is 0 Å². The Morgan fingerprint density at radius 2 is 2.05 bits per heavy atom. The minimum Gasteiger partial charge on any atom is -0.497 e. The Bertz CT molecular complexity index is 568. The lowest BCUT2D eigenvalue weighted by atomic mass is 10.2. The van der Waals surface area contributed by atoms with E-state index in [1.165, 1.54) is 7.11 Å². The predicted molar refractivity (Wildman–Crippen MR) is 75.1 cm³/mol. The highest BCUT2D eigenvalue weighted by atomic mass is 32.2. The third-order valence-electron chi connectivity index (χ3n) is 2.71. The van der Waals surface area contributed by atoms with Crippen LogP contribution in [-0.4, -0.2) is 43.5 Å². The van der Waals surface area contributed by atoms with E-state index in [2.05, 4.69) is 0 Å². The second kappa shape index (κ2) is 6.71. The van der Waals surface area contributed by atoms with Crippen LogP contribution in [0.25, 0.3) is 0 Å². The maximum atomic E-state index is 12.3. The number of methoxy groups -OCH3 is 1. The Labute approximate surface area is 119 Å². The summed E-state index contributed by atoms with van der Waals surface area (Å²) in [7, 11) is -2.20. The number of hydrogen-bond acceptors (Lipinski definition) is 4. The van der Waals surface area contributed by atoms with Crippen LogP contribution < -0.4 is 4.74 Å². The highest BCUT2D eigenvalue weighted by Crippen LogP contribution is 2.18. The van der Waals surface area contributed by atoms with Crippen LogP contribution in [0.15, 0.2) is 24.3 Å². The maximum Gasteiger partial charge on any atom is 0.318 e. The largest absolute Gasteiger partial charge is 0.497 e. The van der Waals surface area contributed by atoms with Gasteiger partial charge in [0.05, 0.1) is 12.9 Å². The number of nitrogens with zero attached hydrogens (tertiary/aromatic N) is 1. The number of ether oxygens (including phenoxy) is 1. The second-order valence-corrected chi connectivity index (χ2v) is 6.56. The quantitative estimate of drug-likeness (QED) is 0.821. The molecule has 112 valence electrons. The molecule has 0 aliphatic carbocycles. The number of carbonyl (C=O) groups is 1. The average Bonchev–Trinajstić information content (AvgIpc) is 2.35. The molecule has 0 saturated heterocycles. The molecule has 0 spiro atoms. The van der Waals surface area contributed by atoms with Gasteiger partial charge in [0, 0.05) is 6.04 Å². The fraction of sp³-hybridized carbons (Fsp3) is 0.462. The van der Waals surface area contributed by atoms with E-state index in [1.54, 1.807) is 38.1 Å². The van der Waals surface area contributed by atoms with Gasteiger partial charge in [-0.2, -0.15) is 4.31 Å². The van der Waals surface area contributed by atoms with Crippen LogP contribution in [0, 0.1) is 0 Å². The van der Waals surface area contributed by atoms with Crippen LogP contribution in [0.4, 0.5) is 0 Å². The molecule has 1 aromatic carbocycles. The number of benzene rings is 1. The first-order valence-electron chi connectivity index (χ1n) is 6.10. The number of sulfonamides is 1. The van der Waals surface area contributed by atoms with Crippen molar-refractivity contribution in [1.82, 2.24) is 4.31 Å². The molecule has 0 atom stereocenters. The highest BCUT2D eigenvalue weighted by Gasteiger charge is 2.27. The molecule has 1 N–H and O–H groups in total. The molecule has 0 unspecified atom stereocenters. The molecule has 1 rings (SSSR count). The SMILES string of the molecule is COc1cccc(CS(=O)(=O)N(CC(=O)O)C(C)C)c1. The van der Waals surface area contributed by atoms with Crippen LogP contribution in [0.3, 0.4) is 0 Å². The molecule has 0 radical (unpaired) electrons. The van der Waals surface area contributed by atoms with E-state index >= 15 is 0 Å². The molecule has 6 nitrogen and oxygen atoms in total. The fourth-order valence-electron chi connectivity index (χ4n) is 1.79. The Morgan fingerprint density at radius 3 is 2.55 bits per heavy atom. The summed E-state index contributed by atoms with van der Waals surface area (Å²) in [6.45, 7) is 2.75. The van der Waals surface area contributed by atoms with Crippen molar-refractivity contribution in [2.75, 3.05) is 13.7 Å². The molecule has 20 heavy (non-hydrogen) atoms. The van der Waals surface area contributed by atoms with Crippen molar-refractivity contribution < 1.29 is 23.1 Å². The molecular weight excluding hydrogens is 282 g/mol. The maximum absolute atomic E-state index is 12.3. The van der Waals surface area contributed by atoms with Crippen molar-refractivity contribution in [2.45, 2.75) is 25.6 Å². The fourth-order valence-corrected chi connectivity index (χ4v) is 3.51. The minimum atomic E-state index is -3.70. The Hall–Kier alpha value is -1.60. The minimum absolute atomic E-state index is 0.254. The summed E-state index contributed by atoms with van der Waals surface area (Å²) >= 11 is 0. The number of carboxylic acid groups (broad SMARTS) is 1. The first-order chi connectivity index (χ1) is 9.26. The summed E-state index contributed by atoms with van der Waals surface area (Å²) in [5, 5.41) is 8.82. The van der Waals surface area contributed by atoms with Gasteiger partial charge < -0.3 is 9.84 Å². The van der Waals surface area contributed by atoms with E-state index < -0.39 is 28.6 Å². The van der Waals surface area contributed by atoms with Crippen molar-refractivity contribution in [1.29, 1.82) is 0 Å². The molecule has 0 bridgehead atoms. The molecular formula is C13H19NO5S. The lowest BCUT2D eigenvalue weighted by Gasteiger charge is -2.24. The summed E-state index contributed by atoms with van der Waals surface area (Å²) in [4.78, 5) is 10.8. The summed E-state index contributed by atoms with van der Waals surface area (Å²) in [5.41, 5.74) is 0.556. The molecule has 1 aromatic rings. The number of carboxylic acids is 1. The van der Waals surface area contributed by atoms with E-state index in [4.69, 9.17) is 9.84 Å². The van der Waals surface area contributed by atoms with Crippen molar-refractivity contribution in [3.8, 4) is 5.75 Å². The summed E-state index contributed by atoms with van der Waals surface area (Å²) < 4.78 is 30.6. The average molecular weight is 301 g/mol. The van der Waals surface area contributed by atoms with Gasteiger partial charge >= 0.3 is 5.97 Å². The molecule has 0 aromatic heterocycles. The van der Waals surface area contributed by atoms with Crippen LogP contribution in [0.1, 0.15) is 19.4 Å². The molecule has 0 aliphatic heterocycles. The summed E-state index contributed by atoms with van der Waals surface area (Å²) in [6.07, 6.45) is 0. The molecule has 0 saturated carbocycles. The van der Waals surface area contributed by atoms with Crippen molar-refractivity contribution in [2.24, 2.45) is 0 Å². The summed E-state index contributed by atoms with van der Waals surface area (Å²) in [6, 6.07) is 6.28. The van der Waals surface area contributed by atoms with Crippen LogP contribution >= 0.6 is 0 Å². The number of aliphatic carboxylic acids is 1. The van der Waals surface area contributed by atoms with Crippen LogP contribution in [0.5, 0.6) is 5.75 Å². The lowest BCUT2D eigenvalue weighted by molar-refractivity contribution is -0.137. The van der Waals surface area contributed by atoms with E-state index in [0.717, 1.165) is 4.31 Å². The second-order valence-electron chi connectivity index (χ2n) is 4.64. The number of hydrogen-bond donors (Lipinski definition) is 1. The standard InChI is InChI=1S/C13H19NO5S/c1-10(2)14(8-13(15)16)20(17,18)9-11-5-4-6-12(7-11)19-3/h4-7,10H,8-9H2,1-3H3,(H,15,16). The lowest BCUT2D eigenvalue weighted by Crippen LogP contribution is -2.41. The summed E-state index contributed by atoms with van der Waals surface area (Å²) in [5.74, 6) is -0.865. The molecule has 0 amide bonds. The van der Waals surface area contributed by atoms with Gasteiger partial charge in [0.25, 0.3) is 0 Å².